The summed E-state index contributed by atoms with van der Waals surface area (Å²) in [5.41, 5.74) is 2.44. The molecule has 1 aliphatic heterocycles. The molecule has 0 aliphatic carbocycles. The van der Waals surface area contributed by atoms with Crippen LogP contribution in [-0.4, -0.2) is 33.6 Å². The highest BCUT2D eigenvalue weighted by Gasteiger charge is 2.34. The maximum absolute atomic E-state index is 13.6. The minimum atomic E-state index is -0.298. The molecule has 37 heavy (non-hydrogen) atoms. The summed E-state index contributed by atoms with van der Waals surface area (Å²) in [5.74, 6) is -0.736. The predicted octanol–water partition coefficient (Wildman–Crippen LogP) is 5.99. The summed E-state index contributed by atoms with van der Waals surface area (Å²) in [6.07, 6.45) is 1.24. The van der Waals surface area contributed by atoms with Crippen LogP contribution in [0.4, 0.5) is 0 Å². The number of Topliss-reactive ketones (excluding diaryl/α,β-unsaturated/α-hetero) is 1. The van der Waals surface area contributed by atoms with E-state index in [1.807, 2.05) is 30.3 Å². The Morgan fingerprint density at radius 3 is 2.05 bits per heavy atom. The number of pyridine rings is 1. The smallest absolute Gasteiger partial charge is 0.261 e. The fourth-order valence-electron chi connectivity index (χ4n) is 4.97. The standard InChI is InChI=1S/C30H25ClN2O4/c1-2-25(34)27-26(19-10-4-3-5-11-19)24-18-20(31)14-15-23(24)28(35)32(27)16-8-9-17-33-29(36)21-12-6-7-13-22(21)30(33)37/h3-7,10-15,18H,2,8-9,16-17H2,1H3. The van der Waals surface area contributed by atoms with E-state index >= 15 is 0 Å². The Kier molecular flexibility index (Phi) is 6.76. The second kappa shape index (κ2) is 10.1. The van der Waals surface area contributed by atoms with Gasteiger partial charge in [0.1, 0.15) is 0 Å². The van der Waals surface area contributed by atoms with Crippen LogP contribution < -0.4 is 5.56 Å². The van der Waals surface area contributed by atoms with Gasteiger partial charge in [-0.2, -0.15) is 0 Å². The summed E-state index contributed by atoms with van der Waals surface area (Å²) in [7, 11) is 0. The SMILES string of the molecule is CCC(=O)c1c(-c2ccccc2)c2cc(Cl)ccc2c(=O)n1CCCCN1C(=O)c2ccccc2C1=O. The van der Waals surface area contributed by atoms with Gasteiger partial charge in [0, 0.05) is 35.5 Å². The first-order valence-electron chi connectivity index (χ1n) is 12.3. The number of ketones is 1. The molecule has 1 aromatic heterocycles. The van der Waals surface area contributed by atoms with Crippen LogP contribution in [0.1, 0.15) is 57.4 Å². The van der Waals surface area contributed by atoms with Gasteiger partial charge < -0.3 is 4.57 Å². The van der Waals surface area contributed by atoms with Gasteiger partial charge in [0.2, 0.25) is 0 Å². The molecular weight excluding hydrogens is 488 g/mol. The van der Waals surface area contributed by atoms with Crippen molar-refractivity contribution in [1.82, 2.24) is 9.47 Å². The zero-order valence-corrected chi connectivity index (χ0v) is 21.1. The second-order valence-electron chi connectivity index (χ2n) is 9.03. The van der Waals surface area contributed by atoms with Gasteiger partial charge in [-0.3, -0.25) is 24.1 Å². The van der Waals surface area contributed by atoms with Gasteiger partial charge in [0.15, 0.2) is 5.78 Å². The summed E-state index contributed by atoms with van der Waals surface area (Å²) in [6.45, 7) is 2.30. The molecule has 0 unspecified atom stereocenters. The number of unbranched alkanes of at least 4 members (excludes halogenated alkanes) is 1. The third-order valence-electron chi connectivity index (χ3n) is 6.77. The van der Waals surface area contributed by atoms with Crippen LogP contribution >= 0.6 is 11.6 Å². The third kappa shape index (κ3) is 4.38. The number of benzene rings is 3. The average Bonchev–Trinajstić information content (AvgIpc) is 3.16. The zero-order valence-electron chi connectivity index (χ0n) is 20.4. The minimum absolute atomic E-state index is 0.141. The molecule has 186 valence electrons. The van der Waals surface area contributed by atoms with E-state index < -0.39 is 0 Å². The average molecular weight is 513 g/mol. The van der Waals surface area contributed by atoms with E-state index in [1.165, 1.54) is 4.90 Å². The molecule has 0 saturated heterocycles. The van der Waals surface area contributed by atoms with Crippen molar-refractivity contribution in [2.24, 2.45) is 0 Å². The van der Waals surface area contributed by atoms with E-state index in [-0.39, 0.29) is 42.7 Å². The number of rotatable bonds is 8. The Balaban J connectivity index is 1.49. The Hall–Kier alpha value is -4.03. The number of halogens is 1. The van der Waals surface area contributed by atoms with Crippen LogP contribution in [0.5, 0.6) is 0 Å². The van der Waals surface area contributed by atoms with E-state index in [4.69, 9.17) is 11.6 Å². The maximum Gasteiger partial charge on any atom is 0.261 e. The van der Waals surface area contributed by atoms with Crippen molar-refractivity contribution in [2.75, 3.05) is 6.54 Å². The van der Waals surface area contributed by atoms with Crippen molar-refractivity contribution >= 4 is 40.0 Å². The fourth-order valence-corrected chi connectivity index (χ4v) is 5.14. The lowest BCUT2D eigenvalue weighted by Gasteiger charge is -2.20. The maximum atomic E-state index is 13.6. The lowest BCUT2D eigenvalue weighted by Crippen LogP contribution is -2.31. The van der Waals surface area contributed by atoms with Gasteiger partial charge in [0.05, 0.1) is 16.8 Å². The molecule has 0 radical (unpaired) electrons. The molecule has 6 nitrogen and oxygen atoms in total. The Morgan fingerprint density at radius 2 is 1.41 bits per heavy atom. The highest BCUT2D eigenvalue weighted by molar-refractivity contribution is 6.31. The molecule has 0 bridgehead atoms. The monoisotopic (exact) mass is 512 g/mol. The van der Waals surface area contributed by atoms with Crippen molar-refractivity contribution in [3.05, 3.63) is 105 Å². The van der Waals surface area contributed by atoms with Crippen molar-refractivity contribution in [3.63, 3.8) is 0 Å². The molecule has 0 atom stereocenters. The Morgan fingerprint density at radius 1 is 0.784 bits per heavy atom. The number of amides is 2. The van der Waals surface area contributed by atoms with Crippen molar-refractivity contribution in [3.8, 4) is 11.1 Å². The van der Waals surface area contributed by atoms with Gasteiger partial charge in [-0.05, 0) is 54.1 Å². The van der Waals surface area contributed by atoms with E-state index in [2.05, 4.69) is 0 Å². The number of aromatic nitrogens is 1. The van der Waals surface area contributed by atoms with Crippen molar-refractivity contribution < 1.29 is 14.4 Å². The molecule has 4 aromatic rings. The van der Waals surface area contributed by atoms with Gasteiger partial charge in [-0.25, -0.2) is 0 Å². The van der Waals surface area contributed by atoms with Gasteiger partial charge in [-0.1, -0.05) is 61.0 Å². The number of nitrogens with zero attached hydrogens (tertiary/aromatic N) is 2. The zero-order chi connectivity index (χ0) is 26.1. The lowest BCUT2D eigenvalue weighted by molar-refractivity contribution is 0.0651. The van der Waals surface area contributed by atoms with Crippen LogP contribution in [0.25, 0.3) is 21.9 Å². The number of carbonyl (C=O) groups is 3. The molecule has 0 saturated carbocycles. The topological polar surface area (TPSA) is 76.5 Å². The molecule has 2 heterocycles. The normalized spacial score (nSPS) is 12.9. The number of hydrogen-bond acceptors (Lipinski definition) is 4. The highest BCUT2D eigenvalue weighted by Crippen LogP contribution is 2.33. The first-order chi connectivity index (χ1) is 17.9. The molecular formula is C30H25ClN2O4. The minimum Gasteiger partial charge on any atom is -0.304 e. The highest BCUT2D eigenvalue weighted by atomic mass is 35.5. The summed E-state index contributed by atoms with van der Waals surface area (Å²) in [4.78, 5) is 53.5. The van der Waals surface area contributed by atoms with Crippen LogP contribution in [0.2, 0.25) is 5.02 Å². The molecule has 1 aliphatic rings. The van der Waals surface area contributed by atoms with E-state index in [9.17, 15) is 19.2 Å². The summed E-state index contributed by atoms with van der Waals surface area (Å²) in [5, 5.41) is 1.61. The van der Waals surface area contributed by atoms with E-state index in [1.54, 1.807) is 54.0 Å². The van der Waals surface area contributed by atoms with Crippen LogP contribution in [0.3, 0.4) is 0 Å². The van der Waals surface area contributed by atoms with E-state index in [0.717, 1.165) is 5.56 Å². The van der Waals surface area contributed by atoms with Crippen LogP contribution in [0.15, 0.2) is 77.6 Å². The number of fused-ring (bicyclic) bond motifs is 2. The Labute approximate surface area is 219 Å². The molecule has 3 aromatic carbocycles. The number of imide groups is 1. The molecule has 0 N–H and O–H groups in total. The summed E-state index contributed by atoms with van der Waals surface area (Å²) >= 11 is 6.30. The van der Waals surface area contributed by atoms with Gasteiger partial charge in [-0.15, -0.1) is 0 Å². The van der Waals surface area contributed by atoms with Crippen molar-refractivity contribution in [1.29, 1.82) is 0 Å². The summed E-state index contributed by atoms with van der Waals surface area (Å²) in [6, 6.07) is 21.4. The first-order valence-corrected chi connectivity index (χ1v) is 12.7. The first kappa shape index (κ1) is 24.7. The molecule has 0 fully saturated rings. The van der Waals surface area contributed by atoms with Crippen LogP contribution in [-0.2, 0) is 6.54 Å². The molecule has 7 heteroatoms. The fraction of sp³-hybridized carbons (Fsp3) is 0.200. The third-order valence-corrected chi connectivity index (χ3v) is 7.01. The van der Waals surface area contributed by atoms with Crippen LogP contribution in [0, 0.1) is 0 Å². The molecule has 2 amide bonds. The van der Waals surface area contributed by atoms with Gasteiger partial charge in [0.25, 0.3) is 17.4 Å². The number of carbonyl (C=O) groups excluding carboxylic acids is 3. The molecule has 5 rings (SSSR count). The summed E-state index contributed by atoms with van der Waals surface area (Å²) < 4.78 is 1.55. The largest absolute Gasteiger partial charge is 0.304 e. The van der Waals surface area contributed by atoms with Crippen molar-refractivity contribution in [2.45, 2.75) is 32.7 Å². The predicted molar refractivity (Wildman–Crippen MR) is 144 cm³/mol. The van der Waals surface area contributed by atoms with Gasteiger partial charge >= 0.3 is 0 Å². The van der Waals surface area contributed by atoms with E-state index in [0.29, 0.717) is 51.0 Å². The Bertz CT molecular complexity index is 1570. The second-order valence-corrected chi connectivity index (χ2v) is 9.46. The quantitative estimate of drug-likeness (QED) is 0.165. The number of hydrogen-bond donors (Lipinski definition) is 0. The molecule has 0 spiro atoms. The lowest BCUT2D eigenvalue weighted by atomic mass is 9.94.